The van der Waals surface area contributed by atoms with Gasteiger partial charge in [-0.3, -0.25) is 0 Å². The van der Waals surface area contributed by atoms with Crippen molar-refractivity contribution in [1.82, 2.24) is 10.1 Å². The van der Waals surface area contributed by atoms with Crippen molar-refractivity contribution < 1.29 is 8.94 Å². The molecule has 0 amide bonds. The molecule has 0 aliphatic heterocycles. The van der Waals surface area contributed by atoms with Crippen LogP contribution in [0.4, 0.5) is 0 Å². The van der Waals surface area contributed by atoms with E-state index in [2.05, 4.69) is 10.1 Å². The van der Waals surface area contributed by atoms with E-state index in [0.29, 0.717) is 5.89 Å². The number of aromatic nitrogens is 2. The second-order valence-corrected chi connectivity index (χ2v) is 3.42. The second-order valence-electron chi connectivity index (χ2n) is 3.08. The number of rotatable bonds is 1. The Morgan fingerprint density at radius 3 is 2.29 bits per heavy atom. The summed E-state index contributed by atoms with van der Waals surface area (Å²) >= 11 is 5.58. The predicted octanol–water partition coefficient (Wildman–Crippen LogP) is 2.91. The first kappa shape index (κ1) is 9.27. The molecule has 0 spiro atoms. The first-order valence-corrected chi connectivity index (χ1v) is 4.53. The Kier molecular flexibility index (Phi) is 2.07. The lowest BCUT2D eigenvalue weighted by molar-refractivity contribution is 0.428. The Labute approximate surface area is 85.9 Å². The van der Waals surface area contributed by atoms with Gasteiger partial charge in [-0.05, 0) is 37.5 Å². The van der Waals surface area contributed by atoms with E-state index in [0.717, 1.165) is 22.6 Å². The minimum atomic E-state index is 0.109. The summed E-state index contributed by atoms with van der Waals surface area (Å²) in [4.78, 5) is 3.94. The lowest BCUT2D eigenvalue weighted by Crippen LogP contribution is -1.81. The van der Waals surface area contributed by atoms with Crippen molar-refractivity contribution in [3.8, 4) is 11.5 Å². The highest BCUT2D eigenvalue weighted by Gasteiger charge is 2.18. The van der Waals surface area contributed by atoms with Crippen molar-refractivity contribution in [3.63, 3.8) is 0 Å². The molecule has 2 aromatic heterocycles. The highest BCUT2D eigenvalue weighted by Crippen LogP contribution is 2.30. The molecule has 0 aliphatic carbocycles. The average molecular weight is 213 g/mol. The third-order valence-corrected chi connectivity index (χ3v) is 2.33. The quantitative estimate of drug-likeness (QED) is 0.729. The summed E-state index contributed by atoms with van der Waals surface area (Å²) in [6.45, 7) is 5.69. The molecule has 0 N–H and O–H groups in total. The minimum absolute atomic E-state index is 0.109. The molecule has 0 saturated heterocycles. The lowest BCUT2D eigenvalue weighted by Gasteiger charge is -1.91. The van der Waals surface area contributed by atoms with E-state index in [-0.39, 0.29) is 5.28 Å². The maximum absolute atomic E-state index is 5.58. The number of aryl methyl sites for hydroxylation is 2. The van der Waals surface area contributed by atoms with E-state index < -0.39 is 0 Å². The number of hydrogen-bond acceptors (Lipinski definition) is 4. The molecule has 0 saturated carbocycles. The molecular formula is C9H9ClN2O2. The van der Waals surface area contributed by atoms with E-state index in [4.69, 9.17) is 20.5 Å². The van der Waals surface area contributed by atoms with Crippen LogP contribution in [0.1, 0.15) is 17.1 Å². The largest absolute Gasteiger partial charge is 0.466 e. The van der Waals surface area contributed by atoms with Gasteiger partial charge >= 0.3 is 0 Å². The van der Waals surface area contributed by atoms with Gasteiger partial charge in [0.15, 0.2) is 0 Å². The average Bonchev–Trinajstić information content (AvgIpc) is 2.60. The number of halogens is 1. The predicted molar refractivity (Wildman–Crippen MR) is 51.2 cm³/mol. The molecule has 0 unspecified atom stereocenters. The number of hydrogen-bond donors (Lipinski definition) is 0. The maximum Gasteiger partial charge on any atom is 0.264 e. The minimum Gasteiger partial charge on any atom is -0.466 e. The summed E-state index contributed by atoms with van der Waals surface area (Å²) in [6, 6.07) is 0. The van der Waals surface area contributed by atoms with E-state index in [9.17, 15) is 0 Å². The van der Waals surface area contributed by atoms with Crippen LogP contribution < -0.4 is 0 Å². The molecule has 0 radical (unpaired) electrons. The molecule has 2 aromatic rings. The Morgan fingerprint density at radius 2 is 1.86 bits per heavy atom. The van der Waals surface area contributed by atoms with E-state index in [1.54, 1.807) is 0 Å². The number of nitrogens with zero attached hydrogens (tertiary/aromatic N) is 2. The zero-order chi connectivity index (χ0) is 10.3. The highest BCUT2D eigenvalue weighted by molar-refractivity contribution is 6.28. The van der Waals surface area contributed by atoms with Crippen molar-refractivity contribution in [1.29, 1.82) is 0 Å². The Bertz CT molecular complexity index is 473. The summed E-state index contributed by atoms with van der Waals surface area (Å²) in [5.41, 5.74) is 1.84. The molecule has 74 valence electrons. The van der Waals surface area contributed by atoms with E-state index >= 15 is 0 Å². The first-order chi connectivity index (χ1) is 6.59. The van der Waals surface area contributed by atoms with Gasteiger partial charge in [0.05, 0.1) is 5.56 Å². The Morgan fingerprint density at radius 1 is 1.14 bits per heavy atom. The molecule has 2 heterocycles. The summed E-state index contributed by atoms with van der Waals surface area (Å²) in [6.07, 6.45) is 0. The fourth-order valence-corrected chi connectivity index (χ4v) is 1.53. The molecule has 0 atom stereocenters. The van der Waals surface area contributed by atoms with Crippen LogP contribution in [0, 0.1) is 20.8 Å². The molecule has 14 heavy (non-hydrogen) atoms. The normalized spacial score (nSPS) is 10.9. The van der Waals surface area contributed by atoms with Gasteiger partial charge in [0.2, 0.25) is 0 Å². The van der Waals surface area contributed by atoms with E-state index in [1.165, 1.54) is 0 Å². The van der Waals surface area contributed by atoms with Crippen molar-refractivity contribution in [3.05, 3.63) is 22.4 Å². The zero-order valence-corrected chi connectivity index (χ0v) is 8.84. The Balaban J connectivity index is 2.61. The van der Waals surface area contributed by atoms with Crippen LogP contribution in [0.2, 0.25) is 5.28 Å². The fraction of sp³-hybridized carbons (Fsp3) is 0.333. The van der Waals surface area contributed by atoms with Gasteiger partial charge in [-0.15, -0.1) is 0 Å². The van der Waals surface area contributed by atoms with Crippen LogP contribution in [0.5, 0.6) is 0 Å². The van der Waals surface area contributed by atoms with Crippen molar-refractivity contribution in [2.24, 2.45) is 0 Å². The van der Waals surface area contributed by atoms with Gasteiger partial charge in [0.25, 0.3) is 11.2 Å². The lowest BCUT2D eigenvalue weighted by atomic mass is 10.1. The fourth-order valence-electron chi connectivity index (χ4n) is 1.42. The third kappa shape index (κ3) is 1.32. The van der Waals surface area contributed by atoms with Gasteiger partial charge in [0.1, 0.15) is 11.5 Å². The van der Waals surface area contributed by atoms with Crippen LogP contribution in [0.15, 0.2) is 8.94 Å². The molecular weight excluding hydrogens is 204 g/mol. The van der Waals surface area contributed by atoms with Crippen molar-refractivity contribution >= 4 is 11.6 Å². The summed E-state index contributed by atoms with van der Waals surface area (Å²) in [5, 5.41) is 3.63. The molecule has 0 aromatic carbocycles. The van der Waals surface area contributed by atoms with Gasteiger partial charge < -0.3 is 8.94 Å². The molecule has 5 heteroatoms. The van der Waals surface area contributed by atoms with Crippen LogP contribution in [0.3, 0.4) is 0 Å². The van der Waals surface area contributed by atoms with Gasteiger partial charge in [-0.2, -0.15) is 4.98 Å². The maximum atomic E-state index is 5.58. The van der Waals surface area contributed by atoms with Gasteiger partial charge in [-0.25, -0.2) is 0 Å². The zero-order valence-electron chi connectivity index (χ0n) is 8.09. The van der Waals surface area contributed by atoms with Crippen LogP contribution in [-0.4, -0.2) is 10.1 Å². The summed E-state index contributed by atoms with van der Waals surface area (Å²) < 4.78 is 10.4. The third-order valence-electron chi connectivity index (χ3n) is 2.18. The molecule has 2 rings (SSSR count). The number of furan rings is 1. The smallest absolute Gasteiger partial charge is 0.264 e. The molecule has 0 bridgehead atoms. The molecule has 4 nitrogen and oxygen atoms in total. The summed E-state index contributed by atoms with van der Waals surface area (Å²) in [7, 11) is 0. The van der Waals surface area contributed by atoms with Crippen LogP contribution >= 0.6 is 11.6 Å². The SMILES string of the molecule is Cc1oc(C)c(-c2nc(Cl)no2)c1C. The Hall–Kier alpha value is -1.29. The van der Waals surface area contributed by atoms with Crippen LogP contribution in [-0.2, 0) is 0 Å². The molecule has 0 fully saturated rings. The highest BCUT2D eigenvalue weighted by atomic mass is 35.5. The topological polar surface area (TPSA) is 52.1 Å². The second kappa shape index (κ2) is 3.13. The first-order valence-electron chi connectivity index (χ1n) is 4.15. The van der Waals surface area contributed by atoms with Gasteiger partial charge in [-0.1, -0.05) is 0 Å². The van der Waals surface area contributed by atoms with Crippen molar-refractivity contribution in [2.45, 2.75) is 20.8 Å². The van der Waals surface area contributed by atoms with Gasteiger partial charge in [0, 0.05) is 5.56 Å². The van der Waals surface area contributed by atoms with Crippen LogP contribution in [0.25, 0.3) is 11.5 Å². The monoisotopic (exact) mass is 212 g/mol. The summed E-state index contributed by atoms with van der Waals surface area (Å²) in [5.74, 6) is 2.02. The van der Waals surface area contributed by atoms with Crippen molar-refractivity contribution in [2.75, 3.05) is 0 Å². The standard InChI is InChI=1S/C9H9ClN2O2/c1-4-5(2)13-6(3)7(4)8-11-9(10)12-14-8/h1-3H3. The molecule has 0 aliphatic rings. The van der Waals surface area contributed by atoms with E-state index in [1.807, 2.05) is 20.8 Å².